The van der Waals surface area contributed by atoms with Crippen LogP contribution in [0.2, 0.25) is 0 Å². The third-order valence-corrected chi connectivity index (χ3v) is 4.77. The first-order chi connectivity index (χ1) is 12.8. The summed E-state index contributed by atoms with van der Waals surface area (Å²) in [5.74, 6) is 1.16. The smallest absolute Gasteiger partial charge is 0.250 e. The summed E-state index contributed by atoms with van der Waals surface area (Å²) in [7, 11) is 0. The Morgan fingerprint density at radius 3 is 2.37 bits per heavy atom. The Balaban J connectivity index is 1.85. The number of rotatable bonds is 3. The van der Waals surface area contributed by atoms with Crippen LogP contribution in [0.1, 0.15) is 47.4 Å². The van der Waals surface area contributed by atoms with Crippen LogP contribution in [-0.4, -0.2) is 25.5 Å². The Bertz CT molecular complexity index is 1000. The van der Waals surface area contributed by atoms with Gasteiger partial charge in [-0.1, -0.05) is 19.9 Å². The molecule has 1 aliphatic rings. The van der Waals surface area contributed by atoms with E-state index >= 15 is 0 Å². The zero-order valence-corrected chi connectivity index (χ0v) is 16.1. The molecule has 0 bridgehead atoms. The van der Waals surface area contributed by atoms with Crippen molar-refractivity contribution in [1.82, 2.24) is 19.7 Å². The molecular formula is C21H23N5O. The van der Waals surface area contributed by atoms with Gasteiger partial charge in [0.1, 0.15) is 0 Å². The predicted molar refractivity (Wildman–Crippen MR) is 105 cm³/mol. The maximum absolute atomic E-state index is 13.0. The van der Waals surface area contributed by atoms with Crippen LogP contribution >= 0.6 is 0 Å². The van der Waals surface area contributed by atoms with Crippen molar-refractivity contribution in [1.29, 1.82) is 0 Å². The first kappa shape index (κ1) is 17.4. The molecule has 0 atom stereocenters. The molecule has 0 spiro atoms. The summed E-state index contributed by atoms with van der Waals surface area (Å²) in [4.78, 5) is 21.6. The molecule has 0 radical (unpaired) electrons. The molecule has 0 saturated heterocycles. The summed E-state index contributed by atoms with van der Waals surface area (Å²) in [6.07, 6.45) is 4.61. The zero-order chi connectivity index (χ0) is 19.2. The third-order valence-electron chi connectivity index (χ3n) is 4.77. The van der Waals surface area contributed by atoms with Crippen LogP contribution < -0.4 is 5.32 Å². The van der Waals surface area contributed by atoms with Crippen LogP contribution in [0.15, 0.2) is 36.7 Å². The highest BCUT2D eigenvalue weighted by Gasteiger charge is 2.37. The van der Waals surface area contributed by atoms with Crippen LogP contribution in [0.4, 0.5) is 11.5 Å². The maximum Gasteiger partial charge on any atom is 0.250 e. The lowest BCUT2D eigenvalue weighted by atomic mass is 9.76. The van der Waals surface area contributed by atoms with Crippen molar-refractivity contribution in [2.75, 3.05) is 5.32 Å². The van der Waals surface area contributed by atoms with Crippen LogP contribution in [-0.2, 0) is 6.42 Å². The van der Waals surface area contributed by atoms with Crippen molar-refractivity contribution in [2.24, 2.45) is 5.41 Å². The molecule has 0 unspecified atom stereocenters. The molecule has 6 heteroatoms. The number of anilines is 2. The van der Waals surface area contributed by atoms with Crippen LogP contribution in [0.5, 0.6) is 0 Å². The molecule has 0 fully saturated rings. The number of carbonyl (C=O) groups excluding carboxylic acids is 1. The topological polar surface area (TPSA) is 72.7 Å². The summed E-state index contributed by atoms with van der Waals surface area (Å²) < 4.78 is 1.71. The molecule has 3 aromatic rings. The summed E-state index contributed by atoms with van der Waals surface area (Å²) in [6, 6.07) is 7.98. The van der Waals surface area contributed by atoms with E-state index < -0.39 is 0 Å². The summed E-state index contributed by atoms with van der Waals surface area (Å²) in [6.45, 7) is 8.32. The maximum atomic E-state index is 13.0. The van der Waals surface area contributed by atoms with Gasteiger partial charge in [-0.25, -0.2) is 14.6 Å². The first-order valence-electron chi connectivity index (χ1n) is 9.10. The Morgan fingerprint density at radius 2 is 1.70 bits per heavy atom. The first-order valence-corrected chi connectivity index (χ1v) is 9.10. The van der Waals surface area contributed by atoms with Gasteiger partial charge in [-0.15, -0.1) is 5.10 Å². The van der Waals surface area contributed by atoms with Crippen LogP contribution in [0, 0.1) is 19.3 Å². The fraction of sp³-hybridized carbons (Fsp3) is 0.333. The van der Waals surface area contributed by atoms with E-state index in [9.17, 15) is 4.79 Å². The van der Waals surface area contributed by atoms with Gasteiger partial charge in [0.2, 0.25) is 0 Å². The molecule has 1 N–H and O–H groups in total. The van der Waals surface area contributed by atoms with E-state index in [1.807, 2.05) is 0 Å². The van der Waals surface area contributed by atoms with Gasteiger partial charge in [-0.3, -0.25) is 4.79 Å². The monoisotopic (exact) mass is 361 g/mol. The minimum Gasteiger partial charge on any atom is -0.338 e. The highest BCUT2D eigenvalue weighted by molar-refractivity contribution is 6.03. The van der Waals surface area contributed by atoms with Gasteiger partial charge < -0.3 is 5.32 Å². The summed E-state index contributed by atoms with van der Waals surface area (Å²) >= 11 is 0. The molecule has 4 rings (SSSR count). The second-order valence-corrected chi connectivity index (χ2v) is 8.07. The van der Waals surface area contributed by atoms with Crippen molar-refractivity contribution in [3.8, 4) is 5.95 Å². The molecule has 2 heterocycles. The van der Waals surface area contributed by atoms with E-state index in [1.165, 1.54) is 0 Å². The summed E-state index contributed by atoms with van der Waals surface area (Å²) in [5, 5.41) is 8.05. The van der Waals surface area contributed by atoms with Crippen LogP contribution in [0.25, 0.3) is 5.95 Å². The Labute approximate surface area is 158 Å². The Kier molecular flexibility index (Phi) is 4.06. The normalized spacial score (nSPS) is 15.5. The highest BCUT2D eigenvalue weighted by atomic mass is 16.1. The average Bonchev–Trinajstić information content (AvgIpc) is 2.91. The fourth-order valence-electron chi connectivity index (χ4n) is 3.79. The Hall–Kier alpha value is -3.02. The van der Waals surface area contributed by atoms with Gasteiger partial charge in [0.25, 0.3) is 5.95 Å². The highest BCUT2D eigenvalue weighted by Crippen LogP contribution is 2.39. The molecule has 27 heavy (non-hydrogen) atoms. The molecule has 2 aromatic heterocycles. The van der Waals surface area contributed by atoms with E-state index in [4.69, 9.17) is 5.10 Å². The van der Waals surface area contributed by atoms with Crippen molar-refractivity contribution >= 4 is 17.3 Å². The molecular weight excluding hydrogens is 338 g/mol. The number of carbonyl (C=O) groups is 1. The minimum absolute atomic E-state index is 0.107. The SMILES string of the molecule is Cc1cc(C)cc(Nc2nn(-c3ncccn3)c3c2C(=O)CC(C)(C)C3)c1. The van der Waals surface area contributed by atoms with E-state index in [0.29, 0.717) is 23.8 Å². The zero-order valence-electron chi connectivity index (χ0n) is 16.1. The van der Waals surface area contributed by atoms with Crippen LogP contribution in [0.3, 0.4) is 0 Å². The lowest BCUT2D eigenvalue weighted by Crippen LogP contribution is -2.28. The van der Waals surface area contributed by atoms with Crippen molar-refractivity contribution in [3.63, 3.8) is 0 Å². The Morgan fingerprint density at radius 1 is 1.04 bits per heavy atom. The van der Waals surface area contributed by atoms with Gasteiger partial charge in [-0.05, 0) is 55.0 Å². The lowest BCUT2D eigenvalue weighted by Gasteiger charge is -2.28. The number of Topliss-reactive ketones (excluding diaryl/α,β-unsaturated/α-hetero) is 1. The van der Waals surface area contributed by atoms with E-state index in [-0.39, 0.29) is 11.2 Å². The number of aromatic nitrogens is 4. The molecule has 0 amide bonds. The number of nitrogens with one attached hydrogen (secondary N) is 1. The number of ketones is 1. The largest absolute Gasteiger partial charge is 0.338 e. The average molecular weight is 361 g/mol. The minimum atomic E-state index is -0.117. The third kappa shape index (κ3) is 3.35. The number of aryl methyl sites for hydroxylation is 2. The van der Waals surface area contributed by atoms with Crippen molar-refractivity contribution in [3.05, 3.63) is 59.0 Å². The predicted octanol–water partition coefficient (Wildman–Crippen LogP) is 4.18. The van der Waals surface area contributed by atoms with E-state index in [2.05, 4.69) is 61.2 Å². The van der Waals surface area contributed by atoms with Gasteiger partial charge in [0.15, 0.2) is 11.6 Å². The van der Waals surface area contributed by atoms with Gasteiger partial charge >= 0.3 is 0 Å². The lowest BCUT2D eigenvalue weighted by molar-refractivity contribution is 0.0911. The molecule has 1 aromatic carbocycles. The van der Waals surface area contributed by atoms with Crippen molar-refractivity contribution < 1.29 is 4.79 Å². The van der Waals surface area contributed by atoms with Gasteiger partial charge in [0.05, 0.1) is 11.3 Å². The second-order valence-electron chi connectivity index (χ2n) is 8.07. The summed E-state index contributed by atoms with van der Waals surface area (Å²) in [5.41, 5.74) is 4.64. The molecule has 0 saturated carbocycles. The molecule has 138 valence electrons. The number of nitrogens with zero attached hydrogens (tertiary/aromatic N) is 4. The van der Waals surface area contributed by atoms with E-state index in [0.717, 1.165) is 28.9 Å². The van der Waals surface area contributed by atoms with Gasteiger partial charge in [-0.2, -0.15) is 0 Å². The molecule has 0 aliphatic heterocycles. The standard InChI is InChI=1S/C21H23N5O/c1-13-8-14(2)10-15(9-13)24-19-18-16(11-21(3,4)12-17(18)27)26(25-19)20-22-6-5-7-23-20/h5-10H,11-12H2,1-4H3,(H,24,25). The van der Waals surface area contributed by atoms with Crippen molar-refractivity contribution in [2.45, 2.75) is 40.5 Å². The van der Waals surface area contributed by atoms with E-state index in [1.54, 1.807) is 23.1 Å². The molecule has 6 nitrogen and oxygen atoms in total. The number of hydrogen-bond donors (Lipinski definition) is 1. The number of benzene rings is 1. The quantitative estimate of drug-likeness (QED) is 0.758. The number of fused-ring (bicyclic) bond motifs is 1. The van der Waals surface area contributed by atoms with Gasteiger partial charge in [0, 0.05) is 24.5 Å². The molecule has 1 aliphatic carbocycles. The fourth-order valence-corrected chi connectivity index (χ4v) is 3.79. The second kappa shape index (κ2) is 6.30. The number of hydrogen-bond acceptors (Lipinski definition) is 5.